The monoisotopic (exact) mass is 626 g/mol. The molecule has 3 atom stereocenters. The topological polar surface area (TPSA) is 117 Å². The molecule has 2 aliphatic heterocycles. The molecule has 0 spiro atoms. The van der Waals surface area contributed by atoms with Gasteiger partial charge in [0.25, 0.3) is 0 Å². The van der Waals surface area contributed by atoms with Gasteiger partial charge in [0.2, 0.25) is 11.8 Å². The minimum absolute atomic E-state index is 0.0794. The highest BCUT2D eigenvalue weighted by atomic mass is 16.6. The van der Waals surface area contributed by atoms with Crippen molar-refractivity contribution in [3.63, 3.8) is 0 Å². The first kappa shape index (κ1) is 32.5. The molecule has 242 valence electrons. The molecule has 4 amide bonds. The summed E-state index contributed by atoms with van der Waals surface area (Å²) in [7, 11) is 0. The summed E-state index contributed by atoms with van der Waals surface area (Å²) in [5, 5.41) is 5.88. The van der Waals surface area contributed by atoms with Gasteiger partial charge >= 0.3 is 12.2 Å². The molecule has 0 aliphatic carbocycles. The SMILES string of the molecule is CC(C)(C)OC(=O)NC1CN(C(=O)OCc2ccccc2)CC[C@H]2CC[C@@H](C(=O)NC(c3ccccc3)c3ccccc3)N2C1=O. The molecule has 0 bridgehead atoms. The summed E-state index contributed by atoms with van der Waals surface area (Å²) in [5.41, 5.74) is 1.88. The Balaban J connectivity index is 1.36. The quantitative estimate of drug-likeness (QED) is 0.373. The van der Waals surface area contributed by atoms with Gasteiger partial charge in [-0.2, -0.15) is 0 Å². The van der Waals surface area contributed by atoms with Gasteiger partial charge < -0.3 is 29.9 Å². The van der Waals surface area contributed by atoms with Crippen molar-refractivity contribution in [3.8, 4) is 0 Å². The van der Waals surface area contributed by atoms with Crippen LogP contribution in [-0.2, 0) is 25.7 Å². The van der Waals surface area contributed by atoms with Crippen molar-refractivity contribution in [1.82, 2.24) is 20.4 Å². The summed E-state index contributed by atoms with van der Waals surface area (Å²) in [6.07, 6.45) is 0.138. The maximum absolute atomic E-state index is 14.3. The van der Waals surface area contributed by atoms with Crippen LogP contribution in [0.15, 0.2) is 91.0 Å². The van der Waals surface area contributed by atoms with Crippen molar-refractivity contribution in [1.29, 1.82) is 0 Å². The Morgan fingerprint density at radius 3 is 2.02 bits per heavy atom. The van der Waals surface area contributed by atoms with E-state index in [0.29, 0.717) is 25.8 Å². The summed E-state index contributed by atoms with van der Waals surface area (Å²) >= 11 is 0. The molecule has 2 fully saturated rings. The van der Waals surface area contributed by atoms with Crippen LogP contribution in [-0.4, -0.2) is 70.6 Å². The number of rotatable bonds is 7. The number of ether oxygens (including phenoxy) is 2. The molecular weight excluding hydrogens is 584 g/mol. The van der Waals surface area contributed by atoms with Gasteiger partial charge in [-0.25, -0.2) is 9.59 Å². The zero-order valence-electron chi connectivity index (χ0n) is 26.6. The lowest BCUT2D eigenvalue weighted by Gasteiger charge is -2.38. The Bertz CT molecular complexity index is 1460. The molecule has 46 heavy (non-hydrogen) atoms. The van der Waals surface area contributed by atoms with Crippen LogP contribution in [0.3, 0.4) is 0 Å². The number of hydrogen-bond acceptors (Lipinski definition) is 6. The van der Waals surface area contributed by atoms with Gasteiger partial charge in [0.05, 0.1) is 12.6 Å². The lowest BCUT2D eigenvalue weighted by Crippen LogP contribution is -2.61. The lowest BCUT2D eigenvalue weighted by atomic mass is 9.98. The molecule has 2 saturated heterocycles. The molecule has 2 N–H and O–H groups in total. The minimum atomic E-state index is -1.14. The molecule has 3 aromatic carbocycles. The van der Waals surface area contributed by atoms with Gasteiger partial charge in [0.1, 0.15) is 24.3 Å². The fourth-order valence-corrected chi connectivity index (χ4v) is 6.05. The van der Waals surface area contributed by atoms with Crippen LogP contribution in [0.25, 0.3) is 0 Å². The van der Waals surface area contributed by atoms with E-state index in [4.69, 9.17) is 9.47 Å². The third kappa shape index (κ3) is 8.24. The smallest absolute Gasteiger partial charge is 0.410 e. The van der Waals surface area contributed by atoms with E-state index >= 15 is 0 Å². The van der Waals surface area contributed by atoms with E-state index in [1.165, 1.54) is 4.90 Å². The molecule has 1 unspecified atom stereocenters. The van der Waals surface area contributed by atoms with E-state index in [0.717, 1.165) is 16.7 Å². The van der Waals surface area contributed by atoms with Gasteiger partial charge in [0, 0.05) is 12.6 Å². The number of nitrogens with zero attached hydrogens (tertiary/aromatic N) is 2. The van der Waals surface area contributed by atoms with E-state index in [-0.39, 0.29) is 25.1 Å². The number of fused-ring (bicyclic) bond motifs is 1. The Kier molecular flexibility index (Phi) is 10.2. The van der Waals surface area contributed by atoms with Gasteiger partial charge in [-0.05, 0) is 56.7 Å². The normalized spacial score (nSPS) is 19.9. The Hall–Kier alpha value is -4.86. The van der Waals surface area contributed by atoms with Crippen molar-refractivity contribution in [2.45, 2.75) is 76.4 Å². The molecule has 0 saturated carbocycles. The van der Waals surface area contributed by atoms with Crippen LogP contribution in [0.2, 0.25) is 0 Å². The first-order valence-corrected chi connectivity index (χ1v) is 15.8. The molecule has 2 heterocycles. The molecular formula is C36H42N4O6. The molecule has 5 rings (SSSR count). The zero-order valence-corrected chi connectivity index (χ0v) is 26.6. The highest BCUT2D eigenvalue weighted by molar-refractivity contribution is 5.93. The maximum atomic E-state index is 14.3. The van der Waals surface area contributed by atoms with E-state index in [2.05, 4.69) is 10.6 Å². The number of carbonyl (C=O) groups is 4. The summed E-state index contributed by atoms with van der Waals surface area (Å²) in [6.45, 7) is 5.43. The summed E-state index contributed by atoms with van der Waals surface area (Å²) < 4.78 is 11.0. The van der Waals surface area contributed by atoms with E-state index in [9.17, 15) is 19.2 Å². The fraction of sp³-hybridized carbons (Fsp3) is 0.389. The largest absolute Gasteiger partial charge is 0.445 e. The number of alkyl carbamates (subject to hydrolysis) is 1. The van der Waals surface area contributed by atoms with Crippen molar-refractivity contribution in [2.24, 2.45) is 0 Å². The number of benzene rings is 3. The standard InChI is InChI=1S/C36H42N4O6/c1-36(2,3)46-34(43)37-29-23-39(35(44)45-24-25-13-7-4-8-14-25)22-21-28-19-20-30(40(28)33(29)42)32(41)38-31(26-15-9-5-10-16-26)27-17-11-6-12-18-27/h4-18,28-31H,19-24H2,1-3H3,(H,37,43)(H,38,41)/t28-,29?,30+/m1/s1. The van der Waals surface area contributed by atoms with Crippen molar-refractivity contribution in [2.75, 3.05) is 13.1 Å². The first-order chi connectivity index (χ1) is 22.1. The fourth-order valence-electron chi connectivity index (χ4n) is 6.05. The van der Waals surface area contributed by atoms with E-state index < -0.39 is 41.8 Å². The van der Waals surface area contributed by atoms with Gasteiger partial charge in [-0.15, -0.1) is 0 Å². The summed E-state index contributed by atoms with van der Waals surface area (Å²) in [4.78, 5) is 57.5. The third-order valence-electron chi connectivity index (χ3n) is 8.20. The van der Waals surface area contributed by atoms with Crippen LogP contribution in [0.4, 0.5) is 9.59 Å². The summed E-state index contributed by atoms with van der Waals surface area (Å²) in [5.74, 6) is -0.714. The molecule has 0 radical (unpaired) electrons. The molecule has 2 aliphatic rings. The second-order valence-corrected chi connectivity index (χ2v) is 12.7. The maximum Gasteiger partial charge on any atom is 0.410 e. The van der Waals surface area contributed by atoms with Crippen LogP contribution >= 0.6 is 0 Å². The predicted octanol–water partition coefficient (Wildman–Crippen LogP) is 5.19. The summed E-state index contributed by atoms with van der Waals surface area (Å²) in [6, 6.07) is 26.1. The Labute approximate surface area is 270 Å². The molecule has 10 heteroatoms. The third-order valence-corrected chi connectivity index (χ3v) is 8.20. The second kappa shape index (κ2) is 14.5. The number of amides is 4. The first-order valence-electron chi connectivity index (χ1n) is 15.8. The molecule has 3 aromatic rings. The number of carbonyl (C=O) groups excluding carboxylic acids is 4. The molecule has 0 aromatic heterocycles. The second-order valence-electron chi connectivity index (χ2n) is 12.7. The number of hydrogen-bond donors (Lipinski definition) is 2. The Morgan fingerprint density at radius 2 is 1.43 bits per heavy atom. The van der Waals surface area contributed by atoms with Crippen molar-refractivity contribution in [3.05, 3.63) is 108 Å². The zero-order chi connectivity index (χ0) is 32.7. The average Bonchev–Trinajstić information content (AvgIpc) is 3.47. The van der Waals surface area contributed by atoms with Crippen LogP contribution in [0.1, 0.15) is 62.8 Å². The highest BCUT2D eigenvalue weighted by Crippen LogP contribution is 2.31. The Morgan fingerprint density at radius 1 is 0.848 bits per heavy atom. The predicted molar refractivity (Wildman–Crippen MR) is 173 cm³/mol. The van der Waals surface area contributed by atoms with Gasteiger partial charge in [0.15, 0.2) is 0 Å². The van der Waals surface area contributed by atoms with Crippen LogP contribution in [0.5, 0.6) is 0 Å². The average molecular weight is 627 g/mol. The van der Waals surface area contributed by atoms with Crippen molar-refractivity contribution >= 4 is 24.0 Å². The van der Waals surface area contributed by atoms with Crippen LogP contribution < -0.4 is 10.6 Å². The van der Waals surface area contributed by atoms with E-state index in [1.54, 1.807) is 25.7 Å². The highest BCUT2D eigenvalue weighted by Gasteiger charge is 2.46. The lowest BCUT2D eigenvalue weighted by molar-refractivity contribution is -0.143. The van der Waals surface area contributed by atoms with Gasteiger partial charge in [-0.1, -0.05) is 91.0 Å². The van der Waals surface area contributed by atoms with Gasteiger partial charge in [-0.3, -0.25) is 9.59 Å². The number of nitrogens with one attached hydrogen (secondary N) is 2. The minimum Gasteiger partial charge on any atom is -0.445 e. The van der Waals surface area contributed by atoms with Crippen LogP contribution in [0, 0.1) is 0 Å². The molecule has 10 nitrogen and oxygen atoms in total. The van der Waals surface area contributed by atoms with E-state index in [1.807, 2.05) is 91.0 Å². The van der Waals surface area contributed by atoms with Crippen molar-refractivity contribution < 1.29 is 28.7 Å².